The number of nitrogens with one attached hydrogen (secondary N) is 1. The monoisotopic (exact) mass is 326 g/mol. The molecule has 1 amide bonds. The molecule has 0 radical (unpaired) electrons. The summed E-state index contributed by atoms with van der Waals surface area (Å²) in [6, 6.07) is 8.89. The van der Waals surface area contributed by atoms with E-state index >= 15 is 0 Å². The molecule has 0 aromatic heterocycles. The third-order valence-electron chi connectivity index (χ3n) is 2.94. The molecule has 0 spiro atoms. The topological polar surface area (TPSA) is 84.6 Å². The molecular weight excluding hydrogens is 313 g/mol. The van der Waals surface area contributed by atoms with E-state index in [-0.39, 0.29) is 18.0 Å². The summed E-state index contributed by atoms with van der Waals surface area (Å²) in [6.07, 6.45) is -5.68. The summed E-state index contributed by atoms with van der Waals surface area (Å²) in [5.74, 6) is 0.266. The average Bonchev–Trinajstić information content (AvgIpc) is 2.47. The molecule has 5 nitrogen and oxygen atoms in total. The summed E-state index contributed by atoms with van der Waals surface area (Å²) in [6.45, 7) is -0.0407. The number of hydrogen-bond donors (Lipinski definition) is 3. The van der Waals surface area contributed by atoms with Gasteiger partial charge in [-0.1, -0.05) is 6.07 Å². The molecule has 8 heteroatoms. The van der Waals surface area contributed by atoms with Crippen LogP contribution in [0.1, 0.15) is 11.1 Å². The van der Waals surface area contributed by atoms with Crippen molar-refractivity contribution in [3.8, 4) is 11.5 Å². The van der Waals surface area contributed by atoms with Crippen LogP contribution in [0.5, 0.6) is 11.5 Å². The number of amides is 1. The van der Waals surface area contributed by atoms with E-state index in [4.69, 9.17) is 15.6 Å². The third-order valence-corrected chi connectivity index (χ3v) is 2.94. The first-order valence-electron chi connectivity index (χ1n) is 6.46. The van der Waals surface area contributed by atoms with Crippen LogP contribution in [0.25, 0.3) is 0 Å². The first kappa shape index (κ1) is 16.5. The molecule has 122 valence electrons. The predicted octanol–water partition coefficient (Wildman–Crippen LogP) is 3.85. The number of rotatable bonds is 4. The zero-order valence-electron chi connectivity index (χ0n) is 11.7. The number of carboxylic acid groups (broad SMARTS) is 1. The number of ether oxygens (including phenoxy) is 1. The zero-order valence-corrected chi connectivity index (χ0v) is 11.7. The van der Waals surface area contributed by atoms with E-state index in [1.54, 1.807) is 0 Å². The molecule has 0 fully saturated rings. The van der Waals surface area contributed by atoms with Crippen LogP contribution in [0.15, 0.2) is 42.5 Å². The molecular formula is C15H13F3N2O3. The quantitative estimate of drug-likeness (QED) is 0.745. The molecule has 4 N–H and O–H groups in total. The minimum atomic E-state index is -4.46. The molecule has 0 atom stereocenters. The molecule has 0 unspecified atom stereocenters. The minimum Gasteiger partial charge on any atom is -0.465 e. The van der Waals surface area contributed by atoms with Crippen molar-refractivity contribution in [2.45, 2.75) is 12.7 Å². The molecule has 0 aliphatic carbocycles. The van der Waals surface area contributed by atoms with E-state index in [1.807, 2.05) is 0 Å². The largest absolute Gasteiger partial charge is 0.465 e. The normalized spacial score (nSPS) is 11.1. The number of benzene rings is 2. The Morgan fingerprint density at radius 3 is 2.52 bits per heavy atom. The lowest BCUT2D eigenvalue weighted by Crippen LogP contribution is -2.20. The van der Waals surface area contributed by atoms with E-state index in [9.17, 15) is 18.0 Å². The van der Waals surface area contributed by atoms with Crippen LogP contribution in [0.4, 0.5) is 23.7 Å². The van der Waals surface area contributed by atoms with E-state index in [1.165, 1.54) is 30.3 Å². The van der Waals surface area contributed by atoms with Crippen molar-refractivity contribution in [2.75, 3.05) is 5.73 Å². The number of nitrogens with two attached hydrogens (primary N) is 1. The number of anilines is 1. The highest BCUT2D eigenvalue weighted by Crippen LogP contribution is 2.33. The highest BCUT2D eigenvalue weighted by Gasteiger charge is 2.30. The molecule has 0 saturated carbocycles. The van der Waals surface area contributed by atoms with Gasteiger partial charge in [0.1, 0.15) is 11.5 Å². The number of hydrogen-bond acceptors (Lipinski definition) is 3. The van der Waals surface area contributed by atoms with Gasteiger partial charge < -0.3 is 20.9 Å². The first-order valence-corrected chi connectivity index (χ1v) is 6.46. The second-order valence-corrected chi connectivity index (χ2v) is 4.65. The van der Waals surface area contributed by atoms with E-state index < -0.39 is 17.8 Å². The van der Waals surface area contributed by atoms with Crippen LogP contribution in [-0.4, -0.2) is 11.2 Å². The van der Waals surface area contributed by atoms with Crippen LogP contribution >= 0.6 is 0 Å². The summed E-state index contributed by atoms with van der Waals surface area (Å²) in [7, 11) is 0. The van der Waals surface area contributed by atoms with Gasteiger partial charge in [0.2, 0.25) is 0 Å². The highest BCUT2D eigenvalue weighted by atomic mass is 19.4. The lowest BCUT2D eigenvalue weighted by Gasteiger charge is -2.12. The van der Waals surface area contributed by atoms with Crippen LogP contribution in [0.2, 0.25) is 0 Å². The van der Waals surface area contributed by atoms with Gasteiger partial charge in [-0.3, -0.25) is 0 Å². The molecule has 0 bridgehead atoms. The van der Waals surface area contributed by atoms with Crippen LogP contribution in [0, 0.1) is 0 Å². The van der Waals surface area contributed by atoms with Crippen molar-refractivity contribution in [1.82, 2.24) is 5.32 Å². The lowest BCUT2D eigenvalue weighted by molar-refractivity contribution is -0.137. The van der Waals surface area contributed by atoms with Crippen LogP contribution in [0.3, 0.4) is 0 Å². The third kappa shape index (κ3) is 4.53. The van der Waals surface area contributed by atoms with Crippen molar-refractivity contribution in [1.29, 1.82) is 0 Å². The van der Waals surface area contributed by atoms with Gasteiger partial charge in [0, 0.05) is 12.2 Å². The fraction of sp³-hybridized carbons (Fsp3) is 0.133. The Hall–Kier alpha value is -2.90. The smallest absolute Gasteiger partial charge is 0.416 e. The summed E-state index contributed by atoms with van der Waals surface area (Å²) in [5, 5.41) is 10.7. The summed E-state index contributed by atoms with van der Waals surface area (Å²) >= 11 is 0. The Morgan fingerprint density at radius 1 is 1.17 bits per heavy atom. The van der Waals surface area contributed by atoms with Crippen molar-refractivity contribution in [2.24, 2.45) is 0 Å². The first-order chi connectivity index (χ1) is 10.8. The molecule has 0 heterocycles. The molecule has 2 aromatic rings. The fourth-order valence-electron chi connectivity index (χ4n) is 1.84. The Morgan fingerprint density at radius 2 is 1.87 bits per heavy atom. The summed E-state index contributed by atoms with van der Waals surface area (Å²) in [5.41, 5.74) is 5.69. The van der Waals surface area contributed by atoms with Gasteiger partial charge >= 0.3 is 12.3 Å². The number of nitrogen functional groups attached to an aromatic ring is 1. The Bertz CT molecular complexity index is 717. The van der Waals surface area contributed by atoms with E-state index in [0.29, 0.717) is 11.3 Å². The Labute approximate surface area is 129 Å². The van der Waals surface area contributed by atoms with Crippen LogP contribution in [-0.2, 0) is 12.7 Å². The van der Waals surface area contributed by atoms with Gasteiger partial charge in [-0.25, -0.2) is 4.79 Å². The van der Waals surface area contributed by atoms with Gasteiger partial charge in [-0.2, -0.15) is 13.2 Å². The second-order valence-electron chi connectivity index (χ2n) is 4.65. The molecule has 2 aromatic carbocycles. The highest BCUT2D eigenvalue weighted by molar-refractivity contribution is 5.65. The minimum absolute atomic E-state index is 0.0155. The maximum absolute atomic E-state index is 12.7. The SMILES string of the molecule is Nc1ccc(Oc2cccc(C(F)(F)F)c2)cc1CNC(=O)O. The standard InChI is InChI=1S/C15H13F3N2O3/c16-15(17,18)10-2-1-3-11(7-10)23-12-4-5-13(19)9(6-12)8-20-14(21)22/h1-7,20H,8,19H2,(H,21,22). The van der Waals surface area contributed by atoms with Crippen LogP contribution < -0.4 is 15.8 Å². The van der Waals surface area contributed by atoms with Gasteiger partial charge in [0.25, 0.3) is 0 Å². The maximum Gasteiger partial charge on any atom is 0.416 e. The Kier molecular flexibility index (Phi) is 4.63. The molecule has 0 aliphatic heterocycles. The molecule has 2 rings (SSSR count). The number of carbonyl (C=O) groups is 1. The van der Waals surface area contributed by atoms with Crippen molar-refractivity contribution < 1.29 is 27.8 Å². The van der Waals surface area contributed by atoms with Gasteiger partial charge in [0.05, 0.1) is 5.56 Å². The zero-order chi connectivity index (χ0) is 17.0. The number of halogens is 3. The predicted molar refractivity (Wildman–Crippen MR) is 77.2 cm³/mol. The van der Waals surface area contributed by atoms with Gasteiger partial charge in [0.15, 0.2) is 0 Å². The summed E-state index contributed by atoms with van der Waals surface area (Å²) in [4.78, 5) is 10.5. The van der Waals surface area contributed by atoms with Crippen molar-refractivity contribution in [3.05, 3.63) is 53.6 Å². The fourth-order valence-corrected chi connectivity index (χ4v) is 1.84. The number of alkyl halides is 3. The Balaban J connectivity index is 2.20. The molecule has 0 aliphatic rings. The maximum atomic E-state index is 12.7. The van der Waals surface area contributed by atoms with E-state index in [0.717, 1.165) is 12.1 Å². The van der Waals surface area contributed by atoms with Crippen molar-refractivity contribution in [3.63, 3.8) is 0 Å². The second kappa shape index (κ2) is 6.47. The van der Waals surface area contributed by atoms with Gasteiger partial charge in [-0.15, -0.1) is 0 Å². The van der Waals surface area contributed by atoms with Gasteiger partial charge in [-0.05, 0) is 42.0 Å². The average molecular weight is 326 g/mol. The lowest BCUT2D eigenvalue weighted by atomic mass is 10.1. The van der Waals surface area contributed by atoms with E-state index in [2.05, 4.69) is 5.32 Å². The summed E-state index contributed by atoms with van der Waals surface area (Å²) < 4.78 is 43.4. The van der Waals surface area contributed by atoms with Crippen molar-refractivity contribution >= 4 is 11.8 Å². The molecule has 23 heavy (non-hydrogen) atoms. The molecule has 0 saturated heterocycles.